The number of ether oxygens (including phenoxy) is 1. The van der Waals surface area contributed by atoms with E-state index < -0.39 is 0 Å². The summed E-state index contributed by atoms with van der Waals surface area (Å²) in [6, 6.07) is 6.20. The van der Waals surface area contributed by atoms with Crippen molar-refractivity contribution in [3.05, 3.63) is 30.1 Å². The number of nitrogens with zero attached hydrogens (tertiary/aromatic N) is 1. The Balaban J connectivity index is 1.70. The molecule has 1 aromatic carbocycles. The topological polar surface area (TPSA) is 24.5 Å². The summed E-state index contributed by atoms with van der Waals surface area (Å²) in [5.74, 6) is 0.993. The highest BCUT2D eigenvalue weighted by Crippen LogP contribution is 2.12. The van der Waals surface area contributed by atoms with Gasteiger partial charge in [0.1, 0.15) is 11.6 Å². The Kier molecular flexibility index (Phi) is 4.96. The van der Waals surface area contributed by atoms with Gasteiger partial charge < -0.3 is 15.0 Å². The molecule has 1 heterocycles. The van der Waals surface area contributed by atoms with Gasteiger partial charge in [0.25, 0.3) is 0 Å². The molecule has 3 nitrogen and oxygen atoms in total. The van der Waals surface area contributed by atoms with Gasteiger partial charge in [-0.25, -0.2) is 4.39 Å². The highest BCUT2D eigenvalue weighted by atomic mass is 19.1. The van der Waals surface area contributed by atoms with Crippen molar-refractivity contribution in [1.82, 2.24) is 10.2 Å². The lowest BCUT2D eigenvalue weighted by molar-refractivity contribution is 0.171. The van der Waals surface area contributed by atoms with E-state index in [1.54, 1.807) is 12.1 Å². The second-order valence-electron chi connectivity index (χ2n) is 4.92. The third-order valence-electron chi connectivity index (χ3n) is 3.13. The van der Waals surface area contributed by atoms with Crippen LogP contribution in [0.2, 0.25) is 0 Å². The summed E-state index contributed by atoms with van der Waals surface area (Å²) in [6.45, 7) is 8.29. The van der Waals surface area contributed by atoms with Crippen LogP contribution in [0.1, 0.15) is 6.92 Å². The standard InChI is InChI=1S/C14H21FN2O/c1-12(10-17-8-6-16-7-9-17)11-18-14-4-2-13(15)3-5-14/h2-5,12,16H,6-11H2,1H3. The Hall–Kier alpha value is -1.13. The average Bonchev–Trinajstić information content (AvgIpc) is 2.39. The van der Waals surface area contributed by atoms with Crippen molar-refractivity contribution >= 4 is 0 Å². The molecule has 1 N–H and O–H groups in total. The summed E-state index contributed by atoms with van der Waals surface area (Å²) >= 11 is 0. The largest absolute Gasteiger partial charge is 0.493 e. The van der Waals surface area contributed by atoms with Crippen molar-refractivity contribution in [3.63, 3.8) is 0 Å². The molecule has 1 aliphatic rings. The first-order valence-corrected chi connectivity index (χ1v) is 6.55. The molecule has 1 aromatic rings. The first kappa shape index (κ1) is 13.3. The Morgan fingerprint density at radius 2 is 1.94 bits per heavy atom. The first-order chi connectivity index (χ1) is 8.74. The maximum Gasteiger partial charge on any atom is 0.123 e. The fraction of sp³-hybridized carbons (Fsp3) is 0.571. The number of piperazine rings is 1. The minimum Gasteiger partial charge on any atom is -0.493 e. The van der Waals surface area contributed by atoms with E-state index in [0.29, 0.717) is 12.5 Å². The SMILES string of the molecule is CC(COc1ccc(F)cc1)CN1CCNCC1. The van der Waals surface area contributed by atoms with E-state index in [1.165, 1.54) is 12.1 Å². The van der Waals surface area contributed by atoms with Crippen molar-refractivity contribution in [2.75, 3.05) is 39.3 Å². The van der Waals surface area contributed by atoms with Gasteiger partial charge in [-0.1, -0.05) is 6.92 Å². The maximum absolute atomic E-state index is 12.7. The normalized spacial score (nSPS) is 18.6. The van der Waals surface area contributed by atoms with Crippen LogP contribution in [-0.2, 0) is 0 Å². The lowest BCUT2D eigenvalue weighted by Crippen LogP contribution is -2.45. The van der Waals surface area contributed by atoms with Crippen LogP contribution in [0.15, 0.2) is 24.3 Å². The van der Waals surface area contributed by atoms with Crippen LogP contribution in [0, 0.1) is 11.7 Å². The molecule has 18 heavy (non-hydrogen) atoms. The van der Waals surface area contributed by atoms with E-state index in [4.69, 9.17) is 4.74 Å². The maximum atomic E-state index is 12.7. The van der Waals surface area contributed by atoms with Crippen LogP contribution in [0.5, 0.6) is 5.75 Å². The Morgan fingerprint density at radius 1 is 1.28 bits per heavy atom. The number of halogens is 1. The Labute approximate surface area is 108 Å². The molecule has 1 atom stereocenters. The number of benzene rings is 1. The van der Waals surface area contributed by atoms with Crippen molar-refractivity contribution in [1.29, 1.82) is 0 Å². The van der Waals surface area contributed by atoms with Crippen LogP contribution in [0.3, 0.4) is 0 Å². The van der Waals surface area contributed by atoms with Crippen molar-refractivity contribution in [3.8, 4) is 5.75 Å². The van der Waals surface area contributed by atoms with E-state index in [-0.39, 0.29) is 5.82 Å². The number of rotatable bonds is 5. The third-order valence-corrected chi connectivity index (χ3v) is 3.13. The van der Waals surface area contributed by atoms with Crippen LogP contribution in [0.4, 0.5) is 4.39 Å². The molecule has 0 saturated carbocycles. The fourth-order valence-corrected chi connectivity index (χ4v) is 2.16. The molecule has 0 spiro atoms. The van der Waals surface area contributed by atoms with Crippen molar-refractivity contribution in [2.45, 2.75) is 6.92 Å². The van der Waals surface area contributed by atoms with Gasteiger partial charge in [0.05, 0.1) is 6.61 Å². The second kappa shape index (κ2) is 6.71. The Bertz CT molecular complexity index is 349. The zero-order valence-corrected chi connectivity index (χ0v) is 10.9. The molecule has 100 valence electrons. The van der Waals surface area contributed by atoms with Crippen LogP contribution in [-0.4, -0.2) is 44.2 Å². The van der Waals surface area contributed by atoms with E-state index in [1.807, 2.05) is 0 Å². The first-order valence-electron chi connectivity index (χ1n) is 6.55. The molecular weight excluding hydrogens is 231 g/mol. The van der Waals surface area contributed by atoms with Gasteiger partial charge in [-0.2, -0.15) is 0 Å². The van der Waals surface area contributed by atoms with E-state index in [0.717, 1.165) is 38.5 Å². The summed E-state index contributed by atoms with van der Waals surface area (Å²) < 4.78 is 18.4. The molecule has 0 amide bonds. The van der Waals surface area contributed by atoms with E-state index in [2.05, 4.69) is 17.1 Å². The Morgan fingerprint density at radius 3 is 2.61 bits per heavy atom. The van der Waals surface area contributed by atoms with Crippen LogP contribution in [0.25, 0.3) is 0 Å². The molecule has 0 aromatic heterocycles. The molecule has 1 aliphatic heterocycles. The zero-order valence-electron chi connectivity index (χ0n) is 10.9. The van der Waals surface area contributed by atoms with Gasteiger partial charge in [0.2, 0.25) is 0 Å². The molecule has 4 heteroatoms. The fourth-order valence-electron chi connectivity index (χ4n) is 2.16. The van der Waals surface area contributed by atoms with Gasteiger partial charge in [0, 0.05) is 38.6 Å². The summed E-state index contributed by atoms with van der Waals surface area (Å²) in [5.41, 5.74) is 0. The number of hydrogen-bond donors (Lipinski definition) is 1. The summed E-state index contributed by atoms with van der Waals surface area (Å²) in [5, 5.41) is 3.34. The minimum absolute atomic E-state index is 0.226. The molecule has 1 unspecified atom stereocenters. The molecule has 0 bridgehead atoms. The number of nitrogens with one attached hydrogen (secondary N) is 1. The van der Waals surface area contributed by atoms with Gasteiger partial charge in [0.15, 0.2) is 0 Å². The van der Waals surface area contributed by atoms with Gasteiger partial charge in [-0.15, -0.1) is 0 Å². The van der Waals surface area contributed by atoms with Gasteiger partial charge in [-0.3, -0.25) is 0 Å². The lowest BCUT2D eigenvalue weighted by atomic mass is 10.1. The molecule has 2 rings (SSSR count). The monoisotopic (exact) mass is 252 g/mol. The van der Waals surface area contributed by atoms with E-state index >= 15 is 0 Å². The minimum atomic E-state index is -0.226. The molecule has 1 saturated heterocycles. The number of hydrogen-bond acceptors (Lipinski definition) is 3. The smallest absolute Gasteiger partial charge is 0.123 e. The highest BCUT2D eigenvalue weighted by molar-refractivity contribution is 5.21. The third kappa shape index (κ3) is 4.27. The van der Waals surface area contributed by atoms with Crippen LogP contribution < -0.4 is 10.1 Å². The quantitative estimate of drug-likeness (QED) is 0.864. The highest BCUT2D eigenvalue weighted by Gasteiger charge is 2.13. The summed E-state index contributed by atoms with van der Waals surface area (Å²) in [4.78, 5) is 2.45. The molecule has 0 radical (unpaired) electrons. The molecule has 0 aliphatic carbocycles. The summed E-state index contributed by atoms with van der Waals surface area (Å²) in [6.07, 6.45) is 0. The van der Waals surface area contributed by atoms with Crippen molar-refractivity contribution < 1.29 is 9.13 Å². The zero-order chi connectivity index (χ0) is 12.8. The van der Waals surface area contributed by atoms with E-state index in [9.17, 15) is 4.39 Å². The van der Waals surface area contributed by atoms with Crippen molar-refractivity contribution in [2.24, 2.45) is 5.92 Å². The van der Waals surface area contributed by atoms with Crippen LogP contribution >= 0.6 is 0 Å². The second-order valence-corrected chi connectivity index (χ2v) is 4.92. The lowest BCUT2D eigenvalue weighted by Gasteiger charge is -2.29. The van der Waals surface area contributed by atoms with Gasteiger partial charge in [-0.05, 0) is 24.3 Å². The molecular formula is C14H21FN2O. The predicted molar refractivity (Wildman–Crippen MR) is 70.4 cm³/mol. The summed E-state index contributed by atoms with van der Waals surface area (Å²) in [7, 11) is 0. The molecule has 1 fully saturated rings. The predicted octanol–water partition coefficient (Wildman–Crippen LogP) is 1.75. The van der Waals surface area contributed by atoms with Gasteiger partial charge >= 0.3 is 0 Å². The average molecular weight is 252 g/mol.